The lowest BCUT2D eigenvalue weighted by atomic mass is 9.96. The van der Waals surface area contributed by atoms with Crippen molar-refractivity contribution < 1.29 is 14.3 Å². The van der Waals surface area contributed by atoms with Gasteiger partial charge in [0.2, 0.25) is 0 Å². The van der Waals surface area contributed by atoms with Crippen LogP contribution in [0.15, 0.2) is 36.9 Å². The van der Waals surface area contributed by atoms with Gasteiger partial charge in [-0.1, -0.05) is 0 Å². The van der Waals surface area contributed by atoms with E-state index in [0.29, 0.717) is 23.9 Å². The van der Waals surface area contributed by atoms with E-state index in [9.17, 15) is 4.79 Å². The monoisotopic (exact) mass is 351 g/mol. The SMILES string of the molecule is COC(=O)c1ccn(Cc2cn3cc(C4CC4)cc(C4COC4)c3n2)c1. The first-order chi connectivity index (χ1) is 12.7. The highest BCUT2D eigenvalue weighted by Gasteiger charge is 2.29. The van der Waals surface area contributed by atoms with Gasteiger partial charge in [0, 0.05) is 36.3 Å². The first kappa shape index (κ1) is 15.6. The van der Waals surface area contributed by atoms with Crippen LogP contribution in [-0.2, 0) is 16.0 Å². The number of imidazole rings is 1. The highest BCUT2D eigenvalue weighted by molar-refractivity contribution is 5.89. The lowest BCUT2D eigenvalue weighted by Gasteiger charge is -2.27. The summed E-state index contributed by atoms with van der Waals surface area (Å²) in [6, 6.07) is 4.10. The summed E-state index contributed by atoms with van der Waals surface area (Å²) in [5.41, 5.74) is 5.27. The fraction of sp³-hybridized carbons (Fsp3) is 0.400. The Morgan fingerprint density at radius 3 is 2.81 bits per heavy atom. The molecule has 1 aliphatic heterocycles. The van der Waals surface area contributed by atoms with Crippen LogP contribution in [0.5, 0.6) is 0 Å². The van der Waals surface area contributed by atoms with E-state index in [1.165, 1.54) is 31.1 Å². The molecule has 3 aromatic rings. The molecule has 0 N–H and O–H groups in total. The van der Waals surface area contributed by atoms with E-state index in [0.717, 1.165) is 24.6 Å². The number of aromatic nitrogens is 3. The van der Waals surface area contributed by atoms with Gasteiger partial charge in [-0.3, -0.25) is 0 Å². The Morgan fingerprint density at radius 2 is 2.12 bits per heavy atom. The second-order valence-corrected chi connectivity index (χ2v) is 7.26. The van der Waals surface area contributed by atoms with E-state index in [1.807, 2.05) is 10.8 Å². The van der Waals surface area contributed by atoms with Crippen LogP contribution in [0.3, 0.4) is 0 Å². The molecule has 2 aliphatic rings. The molecule has 0 radical (unpaired) electrons. The van der Waals surface area contributed by atoms with Crippen molar-refractivity contribution >= 4 is 11.6 Å². The van der Waals surface area contributed by atoms with Gasteiger partial charge < -0.3 is 18.4 Å². The maximum Gasteiger partial charge on any atom is 0.339 e. The zero-order valence-electron chi connectivity index (χ0n) is 14.7. The van der Waals surface area contributed by atoms with Crippen LogP contribution >= 0.6 is 0 Å². The average molecular weight is 351 g/mol. The maximum atomic E-state index is 11.6. The first-order valence-corrected chi connectivity index (χ1v) is 9.04. The number of methoxy groups -OCH3 is 1. The average Bonchev–Trinajstić information content (AvgIpc) is 3.21. The molecule has 0 amide bonds. The summed E-state index contributed by atoms with van der Waals surface area (Å²) in [4.78, 5) is 16.5. The summed E-state index contributed by atoms with van der Waals surface area (Å²) in [6.07, 6.45) is 10.6. The number of nitrogens with zero attached hydrogens (tertiary/aromatic N) is 3. The molecule has 0 bridgehead atoms. The number of hydrogen-bond donors (Lipinski definition) is 0. The highest BCUT2D eigenvalue weighted by Crippen LogP contribution is 2.41. The van der Waals surface area contributed by atoms with E-state index in [-0.39, 0.29) is 5.97 Å². The number of hydrogen-bond acceptors (Lipinski definition) is 4. The number of carbonyl (C=O) groups is 1. The van der Waals surface area contributed by atoms with Gasteiger partial charge >= 0.3 is 5.97 Å². The summed E-state index contributed by atoms with van der Waals surface area (Å²) in [7, 11) is 1.39. The van der Waals surface area contributed by atoms with Gasteiger partial charge in [-0.05, 0) is 36.5 Å². The Morgan fingerprint density at radius 1 is 1.27 bits per heavy atom. The number of pyridine rings is 1. The molecule has 0 atom stereocenters. The fourth-order valence-electron chi connectivity index (χ4n) is 3.59. The van der Waals surface area contributed by atoms with Gasteiger partial charge in [0.1, 0.15) is 5.65 Å². The first-order valence-electron chi connectivity index (χ1n) is 9.04. The van der Waals surface area contributed by atoms with Crippen molar-refractivity contribution in [3.63, 3.8) is 0 Å². The molecule has 1 aliphatic carbocycles. The molecule has 1 saturated carbocycles. The second kappa shape index (κ2) is 5.99. The van der Waals surface area contributed by atoms with E-state index in [1.54, 1.807) is 12.3 Å². The van der Waals surface area contributed by atoms with Crippen molar-refractivity contribution in [2.75, 3.05) is 20.3 Å². The van der Waals surface area contributed by atoms with Crippen LogP contribution in [0.2, 0.25) is 0 Å². The van der Waals surface area contributed by atoms with Crippen LogP contribution < -0.4 is 0 Å². The topological polar surface area (TPSA) is 57.8 Å². The van der Waals surface area contributed by atoms with E-state index in [2.05, 4.69) is 22.9 Å². The van der Waals surface area contributed by atoms with Crippen molar-refractivity contribution in [3.8, 4) is 0 Å². The number of fused-ring (bicyclic) bond motifs is 1. The number of ether oxygens (including phenoxy) is 2. The van der Waals surface area contributed by atoms with Crippen LogP contribution in [0.25, 0.3) is 5.65 Å². The molecule has 26 heavy (non-hydrogen) atoms. The molecule has 6 heteroatoms. The minimum Gasteiger partial charge on any atom is -0.465 e. The maximum absolute atomic E-state index is 11.6. The van der Waals surface area contributed by atoms with Gasteiger partial charge in [-0.25, -0.2) is 9.78 Å². The zero-order chi connectivity index (χ0) is 17.7. The normalized spacial score (nSPS) is 17.4. The molecule has 0 unspecified atom stereocenters. The van der Waals surface area contributed by atoms with Gasteiger partial charge in [0.05, 0.1) is 38.1 Å². The van der Waals surface area contributed by atoms with Crippen LogP contribution in [-0.4, -0.2) is 40.2 Å². The number of rotatable bonds is 5. The Balaban J connectivity index is 1.48. The third-order valence-corrected chi connectivity index (χ3v) is 5.29. The summed E-state index contributed by atoms with van der Waals surface area (Å²) in [5, 5.41) is 0. The lowest BCUT2D eigenvalue weighted by molar-refractivity contribution is 0.00877. The summed E-state index contributed by atoms with van der Waals surface area (Å²) >= 11 is 0. The zero-order valence-corrected chi connectivity index (χ0v) is 14.7. The highest BCUT2D eigenvalue weighted by atomic mass is 16.5. The molecule has 134 valence electrons. The molecule has 0 spiro atoms. The van der Waals surface area contributed by atoms with Gasteiger partial charge in [0.25, 0.3) is 0 Å². The Labute approximate surface area is 151 Å². The molecule has 4 heterocycles. The molecular formula is C20H21N3O3. The fourth-order valence-corrected chi connectivity index (χ4v) is 3.59. The van der Waals surface area contributed by atoms with E-state index >= 15 is 0 Å². The van der Waals surface area contributed by atoms with E-state index < -0.39 is 0 Å². The van der Waals surface area contributed by atoms with Crippen molar-refractivity contribution in [1.29, 1.82) is 0 Å². The van der Waals surface area contributed by atoms with Crippen LogP contribution in [0.1, 0.15) is 51.9 Å². The van der Waals surface area contributed by atoms with Gasteiger partial charge in [-0.2, -0.15) is 0 Å². The molecule has 6 nitrogen and oxygen atoms in total. The smallest absolute Gasteiger partial charge is 0.339 e. The standard InChI is InChI=1S/C20H21N3O3/c1-25-20(24)14-4-5-22(7-14)9-17-10-23-8-15(13-2-3-13)6-18(19(23)21-17)16-11-26-12-16/h4-8,10,13,16H,2-3,9,11-12H2,1H3. The second-order valence-electron chi connectivity index (χ2n) is 7.26. The van der Waals surface area contributed by atoms with Crippen molar-refractivity contribution in [2.24, 2.45) is 0 Å². The van der Waals surface area contributed by atoms with E-state index in [4.69, 9.17) is 14.5 Å². The molecule has 1 saturated heterocycles. The Hall–Kier alpha value is -2.60. The van der Waals surface area contributed by atoms with Gasteiger partial charge in [-0.15, -0.1) is 0 Å². The van der Waals surface area contributed by atoms with Crippen molar-refractivity contribution in [2.45, 2.75) is 31.2 Å². The Bertz CT molecular complexity index is 980. The summed E-state index contributed by atoms with van der Waals surface area (Å²) in [6.45, 7) is 2.19. The minimum atomic E-state index is -0.319. The number of esters is 1. The van der Waals surface area contributed by atoms with Gasteiger partial charge in [0.15, 0.2) is 0 Å². The molecular weight excluding hydrogens is 330 g/mol. The molecule has 2 fully saturated rings. The third-order valence-electron chi connectivity index (χ3n) is 5.29. The number of carbonyl (C=O) groups excluding carboxylic acids is 1. The van der Waals surface area contributed by atoms with Crippen LogP contribution in [0, 0.1) is 0 Å². The molecule has 3 aromatic heterocycles. The predicted octanol–water partition coefficient (Wildman–Crippen LogP) is 2.96. The third kappa shape index (κ3) is 2.70. The van der Waals surface area contributed by atoms with Crippen molar-refractivity contribution in [1.82, 2.24) is 14.0 Å². The Kier molecular flexibility index (Phi) is 3.60. The predicted molar refractivity (Wildman–Crippen MR) is 95.6 cm³/mol. The quantitative estimate of drug-likeness (QED) is 0.663. The summed E-state index contributed by atoms with van der Waals surface area (Å²) < 4.78 is 14.3. The molecule has 5 rings (SSSR count). The lowest BCUT2D eigenvalue weighted by Crippen LogP contribution is -2.25. The summed E-state index contributed by atoms with van der Waals surface area (Å²) in [5.74, 6) is 0.834. The van der Waals surface area contributed by atoms with Crippen LogP contribution in [0.4, 0.5) is 0 Å². The van der Waals surface area contributed by atoms with Crippen molar-refractivity contribution in [3.05, 3.63) is 59.3 Å². The largest absolute Gasteiger partial charge is 0.465 e. The molecule has 0 aromatic carbocycles. The minimum absolute atomic E-state index is 0.319.